The molecule has 1 N–H and O–H groups in total. The van der Waals surface area contributed by atoms with E-state index in [9.17, 15) is 4.79 Å². The molecule has 1 aromatic heterocycles. The summed E-state index contributed by atoms with van der Waals surface area (Å²) >= 11 is 0. The van der Waals surface area contributed by atoms with E-state index in [4.69, 9.17) is 5.11 Å². The van der Waals surface area contributed by atoms with E-state index in [1.807, 2.05) is 6.92 Å². The molecule has 0 atom stereocenters. The summed E-state index contributed by atoms with van der Waals surface area (Å²) in [7, 11) is 0. The number of hydrogen-bond donors (Lipinski definition) is 1. The minimum absolute atomic E-state index is 0.334. The minimum Gasteiger partial charge on any atom is -0.478 e. The van der Waals surface area contributed by atoms with Gasteiger partial charge in [-0.05, 0) is 26.8 Å². The van der Waals surface area contributed by atoms with Crippen molar-refractivity contribution < 1.29 is 9.90 Å². The Morgan fingerprint density at radius 2 is 2.06 bits per heavy atom. The summed E-state index contributed by atoms with van der Waals surface area (Å²) in [6, 6.07) is 0.334. The molecule has 0 radical (unpaired) electrons. The van der Waals surface area contributed by atoms with Crippen LogP contribution in [0, 0.1) is 0 Å². The summed E-state index contributed by atoms with van der Waals surface area (Å²) < 4.78 is 0. The number of aromatic nitrogens is 2. The van der Waals surface area contributed by atoms with Gasteiger partial charge in [-0.3, -0.25) is 0 Å². The zero-order valence-electron chi connectivity index (χ0n) is 10.3. The fourth-order valence-electron chi connectivity index (χ4n) is 1.47. The molecular weight excluding hydrogens is 218 g/mol. The lowest BCUT2D eigenvalue weighted by atomic mass is 10.3. The molecule has 1 rings (SSSR count). The first-order valence-electron chi connectivity index (χ1n) is 5.54. The summed E-state index contributed by atoms with van der Waals surface area (Å²) in [6.07, 6.45) is 5.77. The third kappa shape index (κ3) is 3.86. The van der Waals surface area contributed by atoms with E-state index in [2.05, 4.69) is 28.7 Å². The van der Waals surface area contributed by atoms with Crippen molar-refractivity contribution in [2.24, 2.45) is 0 Å². The van der Waals surface area contributed by atoms with Gasteiger partial charge in [-0.15, -0.1) is 0 Å². The van der Waals surface area contributed by atoms with Gasteiger partial charge in [0.2, 0.25) is 5.95 Å². The fraction of sp³-hybridized carbons (Fsp3) is 0.417. The van der Waals surface area contributed by atoms with Crippen LogP contribution in [0.15, 0.2) is 18.5 Å². The number of hydrogen-bond acceptors (Lipinski definition) is 4. The Morgan fingerprint density at radius 1 is 1.47 bits per heavy atom. The second-order valence-corrected chi connectivity index (χ2v) is 3.87. The lowest BCUT2D eigenvalue weighted by Crippen LogP contribution is -2.31. The first-order chi connectivity index (χ1) is 8.04. The van der Waals surface area contributed by atoms with E-state index in [1.54, 1.807) is 12.4 Å². The van der Waals surface area contributed by atoms with E-state index in [0.717, 1.165) is 12.6 Å². The Kier molecular flexibility index (Phi) is 4.63. The topological polar surface area (TPSA) is 66.3 Å². The van der Waals surface area contributed by atoms with Gasteiger partial charge in [0.05, 0.1) is 0 Å². The predicted octanol–water partition coefficient (Wildman–Crippen LogP) is 1.81. The zero-order chi connectivity index (χ0) is 12.8. The van der Waals surface area contributed by atoms with Crippen molar-refractivity contribution in [3.05, 3.63) is 24.0 Å². The largest absolute Gasteiger partial charge is 0.478 e. The molecule has 17 heavy (non-hydrogen) atoms. The number of carboxylic acid groups (broad SMARTS) is 1. The van der Waals surface area contributed by atoms with Gasteiger partial charge < -0.3 is 10.0 Å². The van der Waals surface area contributed by atoms with Gasteiger partial charge in [-0.25, -0.2) is 14.8 Å². The minimum atomic E-state index is -0.980. The number of carbonyl (C=O) groups is 1. The molecule has 0 saturated carbocycles. The van der Waals surface area contributed by atoms with Gasteiger partial charge in [0.1, 0.15) is 0 Å². The summed E-state index contributed by atoms with van der Waals surface area (Å²) in [6.45, 7) is 7.03. The number of rotatable bonds is 5. The smallest absolute Gasteiger partial charge is 0.328 e. The lowest BCUT2D eigenvalue weighted by molar-refractivity contribution is -0.131. The monoisotopic (exact) mass is 235 g/mol. The van der Waals surface area contributed by atoms with Crippen LogP contribution < -0.4 is 4.90 Å². The number of anilines is 1. The first-order valence-corrected chi connectivity index (χ1v) is 5.54. The highest BCUT2D eigenvalue weighted by Crippen LogP contribution is 2.10. The molecular formula is C12H17N3O2. The summed E-state index contributed by atoms with van der Waals surface area (Å²) in [5.41, 5.74) is 0.677. The van der Waals surface area contributed by atoms with Crippen LogP contribution in [0.3, 0.4) is 0 Å². The van der Waals surface area contributed by atoms with Crippen LogP contribution in [0.1, 0.15) is 26.3 Å². The van der Waals surface area contributed by atoms with Crippen molar-refractivity contribution in [1.29, 1.82) is 0 Å². The van der Waals surface area contributed by atoms with Crippen molar-refractivity contribution in [2.75, 3.05) is 11.4 Å². The summed E-state index contributed by atoms with van der Waals surface area (Å²) in [4.78, 5) is 20.8. The zero-order valence-corrected chi connectivity index (χ0v) is 10.3. The van der Waals surface area contributed by atoms with Crippen molar-refractivity contribution in [1.82, 2.24) is 9.97 Å². The van der Waals surface area contributed by atoms with Crippen LogP contribution in [0.5, 0.6) is 0 Å². The summed E-state index contributed by atoms with van der Waals surface area (Å²) in [5.74, 6) is -0.318. The molecule has 5 nitrogen and oxygen atoms in total. The van der Waals surface area contributed by atoms with Gasteiger partial charge in [0.25, 0.3) is 0 Å². The van der Waals surface area contributed by atoms with Gasteiger partial charge in [0, 0.05) is 36.6 Å². The molecule has 1 heterocycles. The van der Waals surface area contributed by atoms with Crippen LogP contribution in [-0.2, 0) is 4.79 Å². The molecule has 0 amide bonds. The standard InChI is InChI=1S/C12H17N3O2/c1-4-15(9(2)3)12-13-7-10(8-14-12)5-6-11(16)17/h5-9H,4H2,1-3H3,(H,16,17)/b6-5+. The molecule has 0 spiro atoms. The maximum atomic E-state index is 10.3. The molecule has 0 fully saturated rings. The second-order valence-electron chi connectivity index (χ2n) is 3.87. The van der Waals surface area contributed by atoms with Crippen molar-refractivity contribution in [3.63, 3.8) is 0 Å². The highest BCUT2D eigenvalue weighted by Gasteiger charge is 2.10. The molecule has 0 saturated heterocycles. The normalized spacial score (nSPS) is 11.1. The quantitative estimate of drug-likeness (QED) is 0.788. The van der Waals surface area contributed by atoms with Crippen LogP contribution in [0.25, 0.3) is 6.08 Å². The Balaban J connectivity index is 2.83. The van der Waals surface area contributed by atoms with Crippen LogP contribution in [-0.4, -0.2) is 33.6 Å². The highest BCUT2D eigenvalue weighted by molar-refractivity contribution is 5.85. The molecule has 5 heteroatoms. The molecule has 0 unspecified atom stereocenters. The van der Waals surface area contributed by atoms with Gasteiger partial charge in [-0.2, -0.15) is 0 Å². The van der Waals surface area contributed by atoms with Gasteiger partial charge in [0.15, 0.2) is 0 Å². The number of carboxylic acids is 1. The number of aliphatic carboxylic acids is 1. The van der Waals surface area contributed by atoms with Crippen molar-refractivity contribution >= 4 is 18.0 Å². The van der Waals surface area contributed by atoms with Crippen molar-refractivity contribution in [3.8, 4) is 0 Å². The molecule has 0 aromatic carbocycles. The molecule has 0 aliphatic heterocycles. The van der Waals surface area contributed by atoms with Crippen LogP contribution >= 0.6 is 0 Å². The number of nitrogens with zero attached hydrogens (tertiary/aromatic N) is 3. The third-order valence-electron chi connectivity index (χ3n) is 2.30. The molecule has 0 aliphatic rings. The maximum Gasteiger partial charge on any atom is 0.328 e. The predicted molar refractivity (Wildman–Crippen MR) is 66.9 cm³/mol. The van der Waals surface area contributed by atoms with Crippen LogP contribution in [0.2, 0.25) is 0 Å². The first kappa shape index (κ1) is 13.2. The SMILES string of the molecule is CCN(c1ncc(/C=C/C(=O)O)cn1)C(C)C. The van der Waals surface area contributed by atoms with Crippen molar-refractivity contribution in [2.45, 2.75) is 26.8 Å². The van der Waals surface area contributed by atoms with Gasteiger partial charge >= 0.3 is 5.97 Å². The Labute approximate surface area is 101 Å². The average molecular weight is 235 g/mol. The average Bonchev–Trinajstić information content (AvgIpc) is 2.28. The Morgan fingerprint density at radius 3 is 2.47 bits per heavy atom. The van der Waals surface area contributed by atoms with E-state index in [-0.39, 0.29) is 0 Å². The Hall–Kier alpha value is -1.91. The van der Waals surface area contributed by atoms with Gasteiger partial charge in [-0.1, -0.05) is 0 Å². The highest BCUT2D eigenvalue weighted by atomic mass is 16.4. The fourth-order valence-corrected chi connectivity index (χ4v) is 1.47. The van der Waals surface area contributed by atoms with Crippen LogP contribution in [0.4, 0.5) is 5.95 Å². The van der Waals surface area contributed by atoms with E-state index < -0.39 is 5.97 Å². The lowest BCUT2D eigenvalue weighted by Gasteiger charge is -2.24. The van der Waals surface area contributed by atoms with E-state index >= 15 is 0 Å². The Bertz CT molecular complexity index is 399. The molecule has 1 aromatic rings. The molecule has 0 bridgehead atoms. The van der Waals surface area contributed by atoms with E-state index in [1.165, 1.54) is 6.08 Å². The summed E-state index contributed by atoms with van der Waals surface area (Å²) in [5, 5.41) is 8.49. The second kappa shape index (κ2) is 5.98. The third-order valence-corrected chi connectivity index (χ3v) is 2.30. The molecule has 92 valence electrons. The maximum absolute atomic E-state index is 10.3. The van der Waals surface area contributed by atoms with E-state index in [0.29, 0.717) is 17.6 Å². The molecule has 0 aliphatic carbocycles.